The third-order valence-electron chi connectivity index (χ3n) is 15.2. The Hall–Kier alpha value is -6.07. The van der Waals surface area contributed by atoms with Gasteiger partial charge in [-0.1, -0.05) is 50.0 Å². The number of carbonyl (C=O) groups is 5. The fraction of sp³-hybridized carbons (Fsp3) is 0.603. The molecule has 4 heterocycles. The molecule has 3 aromatic rings. The molecule has 5 aliphatic rings. The molecule has 3 aromatic carbocycles. The molecular formula is C58H80N8O13. The number of aliphatic hydroxyl groups excluding tert-OH is 1. The number of benzene rings is 3. The molecule has 1 spiro atoms. The van der Waals surface area contributed by atoms with Crippen molar-refractivity contribution < 1.29 is 62.2 Å². The van der Waals surface area contributed by atoms with E-state index in [0.29, 0.717) is 173 Å². The van der Waals surface area contributed by atoms with E-state index in [9.17, 15) is 29.1 Å². The molecule has 1 unspecified atom stereocenters. The number of piperidine rings is 1. The first-order valence-electron chi connectivity index (χ1n) is 28.4. The predicted octanol–water partition coefficient (Wildman–Crippen LogP) is 5.20. The minimum Gasteiger partial charge on any atom is -0.491 e. The Morgan fingerprint density at radius 3 is 2.01 bits per heavy atom. The van der Waals surface area contributed by atoms with Crippen LogP contribution in [0.4, 0.5) is 0 Å². The largest absolute Gasteiger partial charge is 0.491 e. The van der Waals surface area contributed by atoms with Crippen molar-refractivity contribution in [1.82, 2.24) is 30.3 Å². The molecule has 3 atom stereocenters. The quantitative estimate of drug-likeness (QED) is 0.0415. The van der Waals surface area contributed by atoms with E-state index in [4.69, 9.17) is 33.2 Å². The monoisotopic (exact) mass is 1100 g/mol. The van der Waals surface area contributed by atoms with Crippen LogP contribution in [-0.2, 0) is 44.6 Å². The summed E-state index contributed by atoms with van der Waals surface area (Å²) in [6.45, 7) is 11.2. The number of nitrogens with zero attached hydrogens (tertiary/aromatic N) is 6. The van der Waals surface area contributed by atoms with E-state index in [-0.39, 0.29) is 41.5 Å². The fourth-order valence-corrected chi connectivity index (χ4v) is 10.5. The van der Waals surface area contributed by atoms with Crippen molar-refractivity contribution in [2.75, 3.05) is 118 Å². The van der Waals surface area contributed by atoms with Crippen LogP contribution in [0.15, 0.2) is 83.1 Å². The van der Waals surface area contributed by atoms with Crippen LogP contribution in [-0.4, -0.2) is 197 Å². The number of ether oxygens (including phenoxy) is 7. The normalized spacial score (nSPS) is 19.9. The lowest BCUT2D eigenvalue weighted by atomic mass is 9.78. The van der Waals surface area contributed by atoms with E-state index in [0.717, 1.165) is 50.5 Å². The Morgan fingerprint density at radius 1 is 0.734 bits per heavy atom. The summed E-state index contributed by atoms with van der Waals surface area (Å²) < 4.78 is 40.0. The number of amides is 5. The van der Waals surface area contributed by atoms with E-state index in [1.807, 2.05) is 34.2 Å². The minimum atomic E-state index is -0.888. The maximum atomic E-state index is 14.0. The van der Waals surface area contributed by atoms with Gasteiger partial charge in [0.1, 0.15) is 41.5 Å². The molecule has 1 aliphatic carbocycles. The molecule has 21 heteroatoms. The summed E-state index contributed by atoms with van der Waals surface area (Å²) in [6.07, 6.45) is 7.43. The summed E-state index contributed by atoms with van der Waals surface area (Å²) in [5, 5.41) is 27.5. The van der Waals surface area contributed by atoms with Gasteiger partial charge < -0.3 is 53.8 Å². The molecule has 8 rings (SSSR count). The molecule has 5 amide bonds. The van der Waals surface area contributed by atoms with Crippen LogP contribution in [0, 0.1) is 5.92 Å². The molecule has 3 saturated heterocycles. The van der Waals surface area contributed by atoms with Gasteiger partial charge in [-0.3, -0.25) is 38.8 Å². The number of aliphatic hydroxyl groups is 1. The van der Waals surface area contributed by atoms with Gasteiger partial charge in [0.05, 0.1) is 85.3 Å². The number of piperazine rings is 1. The lowest BCUT2D eigenvalue weighted by molar-refractivity contribution is -0.166. The zero-order valence-electron chi connectivity index (χ0n) is 45.8. The van der Waals surface area contributed by atoms with E-state index in [1.54, 1.807) is 48.5 Å². The third kappa shape index (κ3) is 17.0. The van der Waals surface area contributed by atoms with Gasteiger partial charge in [-0.2, -0.15) is 5.11 Å². The average Bonchev–Trinajstić information content (AvgIpc) is 4.06. The molecule has 0 bridgehead atoms. The summed E-state index contributed by atoms with van der Waals surface area (Å²) >= 11 is 0. The van der Waals surface area contributed by atoms with Crippen LogP contribution < -0.4 is 20.1 Å². The molecule has 430 valence electrons. The number of carbonyl (C=O) groups excluding carboxylic acids is 5. The summed E-state index contributed by atoms with van der Waals surface area (Å²) in [6, 6.07) is 20.7. The second kappa shape index (κ2) is 30.5. The Morgan fingerprint density at radius 2 is 1.35 bits per heavy atom. The zero-order valence-corrected chi connectivity index (χ0v) is 45.8. The Labute approximate surface area is 463 Å². The standard InChI is InChI=1S/C58H80N8O13/c1-2-3-25-66-56(71)52(53(68)44-7-5-4-6-8-44)60-57(72)58(66)22-27-63(28-23-58)40-43-9-15-49(16-10-43)79-50-19-11-45(12-20-50)54(69)59-24-30-73-32-33-74-31-29-64-41-47(61-62-64)42-77-37-36-75-34-35-76-38-39-78-48-17-13-46(14-18-48)55(70)65-26-21-51(65)67/h9-20,44,47,52-53,68H,2-8,21-42H2,1H3,(H,59,69)(H,60,72)/t47?,52-,53+/m0/s1. The summed E-state index contributed by atoms with van der Waals surface area (Å²) in [5.74, 6) is 1.05. The van der Waals surface area contributed by atoms with Gasteiger partial charge in [0.25, 0.3) is 11.8 Å². The van der Waals surface area contributed by atoms with Crippen molar-refractivity contribution in [2.24, 2.45) is 16.3 Å². The van der Waals surface area contributed by atoms with Gasteiger partial charge in [0.15, 0.2) is 0 Å². The lowest BCUT2D eigenvalue weighted by Gasteiger charge is -2.52. The molecule has 3 N–H and O–H groups in total. The SMILES string of the molecule is CCCCN1C(=O)[C@H]([C@H](O)C2CCCCC2)NC(=O)C12CCN(Cc1ccc(Oc3ccc(C(=O)NCCOCCOCCN4CC(COCCOCCOCCOc5ccc(C(=O)N6CCC6=O)cc5)N=N4)cc3)cc1)CC2. The average molecular weight is 1100 g/mol. The van der Waals surface area contributed by atoms with Crippen molar-refractivity contribution in [3.63, 3.8) is 0 Å². The van der Waals surface area contributed by atoms with Crippen LogP contribution in [0.2, 0.25) is 0 Å². The highest BCUT2D eigenvalue weighted by atomic mass is 16.6. The van der Waals surface area contributed by atoms with Crippen molar-refractivity contribution in [3.05, 3.63) is 89.5 Å². The Kier molecular flexibility index (Phi) is 22.8. The number of nitrogens with one attached hydrogen (secondary N) is 2. The van der Waals surface area contributed by atoms with Crippen LogP contribution in [0.3, 0.4) is 0 Å². The van der Waals surface area contributed by atoms with E-state index < -0.39 is 17.7 Å². The van der Waals surface area contributed by atoms with Gasteiger partial charge in [-0.25, -0.2) is 0 Å². The molecule has 21 nitrogen and oxygen atoms in total. The second-order valence-electron chi connectivity index (χ2n) is 20.8. The van der Waals surface area contributed by atoms with Crippen molar-refractivity contribution >= 4 is 29.5 Å². The summed E-state index contributed by atoms with van der Waals surface area (Å²) in [7, 11) is 0. The molecular weight excluding hydrogens is 1020 g/mol. The fourth-order valence-electron chi connectivity index (χ4n) is 10.5. The highest BCUT2D eigenvalue weighted by molar-refractivity contribution is 6.07. The minimum absolute atomic E-state index is 0.0430. The maximum Gasteiger partial charge on any atom is 0.260 e. The number of rotatable bonds is 32. The molecule has 1 saturated carbocycles. The number of hydrogen-bond acceptors (Lipinski definition) is 17. The first-order valence-corrected chi connectivity index (χ1v) is 28.4. The lowest BCUT2D eigenvalue weighted by Crippen LogP contribution is -2.75. The highest BCUT2D eigenvalue weighted by Gasteiger charge is 2.55. The third-order valence-corrected chi connectivity index (χ3v) is 15.2. The number of hydrogen-bond donors (Lipinski definition) is 3. The van der Waals surface area contributed by atoms with Crippen molar-refractivity contribution in [3.8, 4) is 17.2 Å². The van der Waals surface area contributed by atoms with Gasteiger partial charge in [0, 0.05) is 56.8 Å². The van der Waals surface area contributed by atoms with E-state index in [1.165, 1.54) is 4.90 Å². The number of β-lactam (4-membered cyclic amide) rings is 1. The molecule has 0 radical (unpaired) electrons. The van der Waals surface area contributed by atoms with Gasteiger partial charge >= 0.3 is 0 Å². The number of likely N-dealkylation sites (tertiary alicyclic amines) is 2. The van der Waals surface area contributed by atoms with Crippen LogP contribution in [0.1, 0.15) is 97.4 Å². The van der Waals surface area contributed by atoms with Crippen LogP contribution >= 0.6 is 0 Å². The number of unbranched alkanes of at least 4 members (excludes halogenated alkanes) is 1. The highest BCUT2D eigenvalue weighted by Crippen LogP contribution is 2.37. The molecule has 4 aliphatic heterocycles. The summed E-state index contributed by atoms with van der Waals surface area (Å²) in [4.78, 5) is 69.8. The van der Waals surface area contributed by atoms with Crippen molar-refractivity contribution in [2.45, 2.75) is 101 Å². The first kappa shape index (κ1) is 59.1. The van der Waals surface area contributed by atoms with Crippen LogP contribution in [0.5, 0.6) is 17.2 Å². The Balaban J connectivity index is 0.604. The van der Waals surface area contributed by atoms with E-state index in [2.05, 4.69) is 32.8 Å². The van der Waals surface area contributed by atoms with Crippen molar-refractivity contribution in [1.29, 1.82) is 0 Å². The van der Waals surface area contributed by atoms with Gasteiger partial charge in [-0.15, -0.1) is 0 Å². The topological polar surface area (TPSA) is 232 Å². The van der Waals surface area contributed by atoms with Gasteiger partial charge in [0.2, 0.25) is 17.7 Å². The predicted molar refractivity (Wildman–Crippen MR) is 291 cm³/mol. The van der Waals surface area contributed by atoms with Crippen LogP contribution in [0.25, 0.3) is 0 Å². The molecule has 4 fully saturated rings. The smallest absolute Gasteiger partial charge is 0.260 e. The maximum absolute atomic E-state index is 14.0. The number of imide groups is 1. The molecule has 0 aromatic heterocycles. The first-order chi connectivity index (χ1) is 38.6. The van der Waals surface area contributed by atoms with Gasteiger partial charge in [-0.05, 0) is 104 Å². The zero-order chi connectivity index (χ0) is 55.2. The molecule has 79 heavy (non-hydrogen) atoms. The second-order valence-corrected chi connectivity index (χ2v) is 20.8. The summed E-state index contributed by atoms with van der Waals surface area (Å²) in [5.41, 5.74) is 1.19. The Bertz CT molecular complexity index is 2430. The van der Waals surface area contributed by atoms with E-state index >= 15 is 0 Å².